The third kappa shape index (κ3) is 3.31. The highest BCUT2D eigenvalue weighted by Gasteiger charge is 2.44. The summed E-state index contributed by atoms with van der Waals surface area (Å²) in [6.07, 6.45) is 1.53. The number of imide groups is 1. The molecule has 0 radical (unpaired) electrons. The van der Waals surface area contributed by atoms with Crippen molar-refractivity contribution in [1.29, 1.82) is 0 Å². The van der Waals surface area contributed by atoms with E-state index in [0.717, 1.165) is 11.1 Å². The highest BCUT2D eigenvalue weighted by molar-refractivity contribution is 6.22. The van der Waals surface area contributed by atoms with Crippen LogP contribution in [0, 0.1) is 19.8 Å². The first-order chi connectivity index (χ1) is 11.9. The van der Waals surface area contributed by atoms with Gasteiger partial charge < -0.3 is 4.74 Å². The zero-order valence-corrected chi connectivity index (χ0v) is 14.9. The van der Waals surface area contributed by atoms with Gasteiger partial charge in [0.05, 0.1) is 31.2 Å². The summed E-state index contributed by atoms with van der Waals surface area (Å²) in [5.41, 5.74) is 2.61. The van der Waals surface area contributed by atoms with Gasteiger partial charge in [-0.3, -0.25) is 19.3 Å². The number of ether oxygens (including phenoxy) is 1. The maximum absolute atomic E-state index is 12.9. The maximum Gasteiger partial charge on any atom is 0.308 e. The highest BCUT2D eigenvalue weighted by atomic mass is 16.5. The van der Waals surface area contributed by atoms with Crippen LogP contribution in [0.4, 0.5) is 5.69 Å². The number of nitrogens with zero attached hydrogens (tertiary/aromatic N) is 2. The number of rotatable bonds is 3. The lowest BCUT2D eigenvalue weighted by Crippen LogP contribution is -2.47. The van der Waals surface area contributed by atoms with Crippen molar-refractivity contribution < 1.29 is 19.1 Å². The number of likely N-dealkylation sites (tertiary alicyclic amines) is 1. The summed E-state index contributed by atoms with van der Waals surface area (Å²) < 4.78 is 4.80. The van der Waals surface area contributed by atoms with Gasteiger partial charge in [-0.15, -0.1) is 0 Å². The molecule has 2 aliphatic heterocycles. The smallest absolute Gasteiger partial charge is 0.308 e. The Morgan fingerprint density at radius 3 is 2.48 bits per heavy atom. The molecular formula is C19H24N2O4. The second-order valence-corrected chi connectivity index (χ2v) is 6.91. The highest BCUT2D eigenvalue weighted by Crippen LogP contribution is 2.31. The minimum atomic E-state index is -0.425. The molecule has 0 N–H and O–H groups in total. The van der Waals surface area contributed by atoms with Crippen LogP contribution >= 0.6 is 0 Å². The Kier molecular flexibility index (Phi) is 4.90. The summed E-state index contributed by atoms with van der Waals surface area (Å²) in [7, 11) is 1.40. The second-order valence-electron chi connectivity index (χ2n) is 6.91. The SMILES string of the molecule is COC(=O)C1CCN([C@H]2CC(=O)N(c3cc(C)ccc3C)C2=O)CC1. The standard InChI is InChI=1S/C19H24N2O4/c1-12-4-5-13(2)15(10-12)21-17(22)11-16(18(21)23)20-8-6-14(7-9-20)19(24)25-3/h4-5,10,14,16H,6-9,11H2,1-3H3/t16-/m0/s1. The lowest BCUT2D eigenvalue weighted by molar-refractivity contribution is -0.147. The van der Waals surface area contributed by atoms with Gasteiger partial charge >= 0.3 is 5.97 Å². The van der Waals surface area contributed by atoms with Gasteiger partial charge in [-0.1, -0.05) is 12.1 Å². The Balaban J connectivity index is 1.74. The van der Waals surface area contributed by atoms with Crippen molar-refractivity contribution in [1.82, 2.24) is 4.90 Å². The van der Waals surface area contributed by atoms with Crippen LogP contribution in [-0.4, -0.2) is 48.9 Å². The summed E-state index contributed by atoms with van der Waals surface area (Å²) in [5, 5.41) is 0. The number of carbonyl (C=O) groups excluding carboxylic acids is 3. The van der Waals surface area contributed by atoms with Crippen molar-refractivity contribution >= 4 is 23.5 Å². The lowest BCUT2D eigenvalue weighted by atomic mass is 9.95. The minimum absolute atomic E-state index is 0.108. The van der Waals surface area contributed by atoms with Crippen LogP contribution in [0.25, 0.3) is 0 Å². The monoisotopic (exact) mass is 344 g/mol. The van der Waals surface area contributed by atoms with Crippen LogP contribution in [0.2, 0.25) is 0 Å². The fourth-order valence-electron chi connectivity index (χ4n) is 3.73. The van der Waals surface area contributed by atoms with Crippen molar-refractivity contribution in [2.75, 3.05) is 25.1 Å². The molecule has 2 heterocycles. The average Bonchev–Trinajstić information content (AvgIpc) is 2.91. The van der Waals surface area contributed by atoms with Crippen molar-refractivity contribution in [2.24, 2.45) is 5.92 Å². The van der Waals surface area contributed by atoms with Crippen LogP contribution in [0.5, 0.6) is 0 Å². The summed E-state index contributed by atoms with van der Waals surface area (Å²) in [5.74, 6) is -0.608. The first-order valence-corrected chi connectivity index (χ1v) is 8.68. The molecule has 2 saturated heterocycles. The number of aryl methyl sites for hydroxylation is 2. The normalized spacial score (nSPS) is 22.5. The van der Waals surface area contributed by atoms with Gasteiger partial charge in [0.1, 0.15) is 0 Å². The second kappa shape index (κ2) is 6.96. The fraction of sp³-hybridized carbons (Fsp3) is 0.526. The van der Waals surface area contributed by atoms with E-state index in [1.165, 1.54) is 12.0 Å². The van der Waals surface area contributed by atoms with Crippen LogP contribution in [0.1, 0.15) is 30.4 Å². The quantitative estimate of drug-likeness (QED) is 0.618. The largest absolute Gasteiger partial charge is 0.469 e. The molecule has 1 aromatic carbocycles. The van der Waals surface area contributed by atoms with E-state index in [1.54, 1.807) is 0 Å². The van der Waals surface area contributed by atoms with Crippen molar-refractivity contribution in [3.8, 4) is 0 Å². The van der Waals surface area contributed by atoms with E-state index in [4.69, 9.17) is 4.74 Å². The van der Waals surface area contributed by atoms with Gasteiger partial charge in [0, 0.05) is 0 Å². The van der Waals surface area contributed by atoms with E-state index in [2.05, 4.69) is 0 Å². The lowest BCUT2D eigenvalue weighted by Gasteiger charge is -2.33. The Morgan fingerprint density at radius 2 is 1.84 bits per heavy atom. The van der Waals surface area contributed by atoms with Gasteiger partial charge in [0.25, 0.3) is 5.91 Å². The fourth-order valence-corrected chi connectivity index (χ4v) is 3.73. The first-order valence-electron chi connectivity index (χ1n) is 8.68. The number of benzene rings is 1. The van der Waals surface area contributed by atoms with Gasteiger partial charge in [-0.25, -0.2) is 4.90 Å². The molecule has 6 nitrogen and oxygen atoms in total. The molecule has 0 saturated carbocycles. The number of amides is 2. The predicted molar refractivity (Wildman–Crippen MR) is 93.1 cm³/mol. The van der Waals surface area contributed by atoms with E-state index in [1.807, 2.05) is 36.9 Å². The van der Waals surface area contributed by atoms with Crippen molar-refractivity contribution in [3.05, 3.63) is 29.3 Å². The number of hydrogen-bond donors (Lipinski definition) is 0. The van der Waals surface area contributed by atoms with E-state index in [9.17, 15) is 14.4 Å². The maximum atomic E-state index is 12.9. The summed E-state index contributed by atoms with van der Waals surface area (Å²) in [6, 6.07) is 5.36. The van der Waals surface area contributed by atoms with E-state index in [-0.39, 0.29) is 30.1 Å². The molecule has 3 rings (SSSR count). The minimum Gasteiger partial charge on any atom is -0.469 e. The van der Waals surface area contributed by atoms with Crippen LogP contribution in [0.3, 0.4) is 0 Å². The Hall–Kier alpha value is -2.21. The molecule has 25 heavy (non-hydrogen) atoms. The zero-order valence-electron chi connectivity index (χ0n) is 14.9. The van der Waals surface area contributed by atoms with E-state index in [0.29, 0.717) is 31.6 Å². The van der Waals surface area contributed by atoms with E-state index < -0.39 is 6.04 Å². The summed E-state index contributed by atoms with van der Waals surface area (Å²) >= 11 is 0. The van der Waals surface area contributed by atoms with Gasteiger partial charge in [-0.2, -0.15) is 0 Å². The molecular weight excluding hydrogens is 320 g/mol. The van der Waals surface area contributed by atoms with Crippen molar-refractivity contribution in [3.63, 3.8) is 0 Å². The molecule has 134 valence electrons. The molecule has 2 amide bonds. The predicted octanol–water partition coefficient (Wildman–Crippen LogP) is 1.82. The molecule has 1 atom stereocenters. The molecule has 0 spiro atoms. The van der Waals surface area contributed by atoms with Crippen LogP contribution < -0.4 is 4.90 Å². The number of hydrogen-bond acceptors (Lipinski definition) is 5. The molecule has 0 bridgehead atoms. The third-order valence-electron chi connectivity index (χ3n) is 5.23. The molecule has 1 aromatic rings. The van der Waals surface area contributed by atoms with Crippen LogP contribution in [-0.2, 0) is 19.1 Å². The summed E-state index contributed by atoms with van der Waals surface area (Å²) in [6.45, 7) is 5.11. The molecule has 2 aliphatic rings. The number of piperidine rings is 1. The molecule has 0 unspecified atom stereocenters. The Bertz CT molecular complexity index is 707. The van der Waals surface area contributed by atoms with Gasteiger partial charge in [0.15, 0.2) is 0 Å². The Labute approximate surface area is 147 Å². The molecule has 2 fully saturated rings. The number of methoxy groups -OCH3 is 1. The van der Waals surface area contributed by atoms with E-state index >= 15 is 0 Å². The number of esters is 1. The molecule has 6 heteroatoms. The van der Waals surface area contributed by atoms with Gasteiger partial charge in [0.2, 0.25) is 5.91 Å². The summed E-state index contributed by atoms with van der Waals surface area (Å²) in [4.78, 5) is 40.5. The third-order valence-corrected chi connectivity index (χ3v) is 5.23. The van der Waals surface area contributed by atoms with Gasteiger partial charge in [-0.05, 0) is 57.0 Å². The first kappa shape index (κ1) is 17.6. The molecule has 0 aromatic heterocycles. The topological polar surface area (TPSA) is 66.9 Å². The van der Waals surface area contributed by atoms with Crippen molar-refractivity contribution in [2.45, 2.75) is 39.2 Å². The number of anilines is 1. The molecule has 0 aliphatic carbocycles. The Morgan fingerprint density at radius 1 is 1.16 bits per heavy atom. The zero-order chi connectivity index (χ0) is 18.1. The average molecular weight is 344 g/mol. The number of carbonyl (C=O) groups is 3. The van der Waals surface area contributed by atoms with Crippen LogP contribution in [0.15, 0.2) is 18.2 Å².